The Hall–Kier alpha value is -2.82. The monoisotopic (exact) mass is 341 g/mol. The van der Waals surface area contributed by atoms with Crippen molar-refractivity contribution in [3.8, 4) is 5.75 Å². The molecular weight excluding hydrogens is 318 g/mol. The summed E-state index contributed by atoms with van der Waals surface area (Å²) in [4.78, 5) is 24.0. The molecule has 0 aliphatic rings. The van der Waals surface area contributed by atoms with Crippen molar-refractivity contribution >= 4 is 17.6 Å². The van der Waals surface area contributed by atoms with Crippen LogP contribution in [0.2, 0.25) is 0 Å². The third-order valence-electron chi connectivity index (χ3n) is 3.64. The van der Waals surface area contributed by atoms with E-state index in [1.54, 1.807) is 6.92 Å². The molecule has 0 aromatic heterocycles. The smallest absolute Gasteiger partial charge is 0.310 e. The number of benzene rings is 2. The third kappa shape index (κ3) is 5.95. The molecule has 0 aliphatic heterocycles. The molecule has 0 heterocycles. The van der Waals surface area contributed by atoms with Gasteiger partial charge in [-0.15, -0.1) is 0 Å². The zero-order valence-corrected chi connectivity index (χ0v) is 14.7. The van der Waals surface area contributed by atoms with Crippen molar-refractivity contribution in [2.45, 2.75) is 33.3 Å². The maximum atomic E-state index is 12.2. The fourth-order valence-corrected chi connectivity index (χ4v) is 2.27. The van der Waals surface area contributed by atoms with Crippen molar-refractivity contribution in [2.75, 3.05) is 11.9 Å². The predicted molar refractivity (Wildman–Crippen MR) is 96.7 cm³/mol. The minimum absolute atomic E-state index is 0.0794. The van der Waals surface area contributed by atoms with E-state index in [4.69, 9.17) is 9.47 Å². The standard InChI is InChI=1S/C20H23NO4/c1-14-9-10-18(15(2)13-14)21-20(23)16(3)25-19(22)11-12-24-17-7-5-4-6-8-17/h4-10,13,16H,11-12H2,1-3H3,(H,21,23). The van der Waals surface area contributed by atoms with Gasteiger partial charge in [0.1, 0.15) is 5.75 Å². The lowest BCUT2D eigenvalue weighted by Gasteiger charge is -2.15. The van der Waals surface area contributed by atoms with Crippen molar-refractivity contribution in [3.05, 3.63) is 59.7 Å². The molecule has 0 aliphatic carbocycles. The zero-order chi connectivity index (χ0) is 18.2. The van der Waals surface area contributed by atoms with Crippen molar-refractivity contribution in [3.63, 3.8) is 0 Å². The molecule has 1 unspecified atom stereocenters. The lowest BCUT2D eigenvalue weighted by Crippen LogP contribution is -2.30. The Balaban J connectivity index is 1.77. The van der Waals surface area contributed by atoms with E-state index >= 15 is 0 Å². The van der Waals surface area contributed by atoms with Gasteiger partial charge in [0.15, 0.2) is 6.10 Å². The number of nitrogens with one attached hydrogen (secondary N) is 1. The average molecular weight is 341 g/mol. The normalized spacial score (nSPS) is 11.5. The van der Waals surface area contributed by atoms with Crippen LogP contribution in [0.15, 0.2) is 48.5 Å². The molecule has 0 bridgehead atoms. The number of carbonyl (C=O) groups is 2. The molecule has 2 rings (SSSR count). The quantitative estimate of drug-likeness (QED) is 0.781. The van der Waals surface area contributed by atoms with E-state index in [1.807, 2.05) is 62.4 Å². The number of anilines is 1. The number of para-hydroxylation sites is 1. The molecular formula is C20H23NO4. The molecule has 0 spiro atoms. The fraction of sp³-hybridized carbons (Fsp3) is 0.300. The molecule has 25 heavy (non-hydrogen) atoms. The Kier molecular flexibility index (Phi) is 6.57. The van der Waals surface area contributed by atoms with Gasteiger partial charge < -0.3 is 14.8 Å². The van der Waals surface area contributed by atoms with Crippen LogP contribution in [0.4, 0.5) is 5.69 Å². The summed E-state index contributed by atoms with van der Waals surface area (Å²) in [6, 6.07) is 15.0. The molecule has 132 valence electrons. The topological polar surface area (TPSA) is 64.6 Å². The number of esters is 1. The lowest BCUT2D eigenvalue weighted by atomic mass is 10.1. The summed E-state index contributed by atoms with van der Waals surface area (Å²) >= 11 is 0. The summed E-state index contributed by atoms with van der Waals surface area (Å²) in [5.74, 6) is -0.139. The number of hydrogen-bond acceptors (Lipinski definition) is 4. The van der Waals surface area contributed by atoms with E-state index in [-0.39, 0.29) is 18.9 Å². The molecule has 2 aromatic carbocycles. The van der Waals surface area contributed by atoms with Crippen LogP contribution < -0.4 is 10.1 Å². The highest BCUT2D eigenvalue weighted by atomic mass is 16.5. The first-order chi connectivity index (χ1) is 12.0. The van der Waals surface area contributed by atoms with Crippen molar-refractivity contribution in [1.29, 1.82) is 0 Å². The van der Waals surface area contributed by atoms with Crippen LogP contribution in [0.3, 0.4) is 0 Å². The minimum Gasteiger partial charge on any atom is -0.493 e. The van der Waals surface area contributed by atoms with E-state index in [1.165, 1.54) is 0 Å². The highest BCUT2D eigenvalue weighted by molar-refractivity contribution is 5.95. The second-order valence-corrected chi connectivity index (χ2v) is 5.85. The molecule has 0 fully saturated rings. The molecule has 1 N–H and O–H groups in total. The van der Waals surface area contributed by atoms with Gasteiger partial charge in [0.25, 0.3) is 5.91 Å². The summed E-state index contributed by atoms with van der Waals surface area (Å²) in [5.41, 5.74) is 2.79. The number of ether oxygens (including phenoxy) is 2. The first kappa shape index (κ1) is 18.5. The Morgan fingerprint density at radius 3 is 2.48 bits per heavy atom. The molecule has 0 saturated heterocycles. The largest absolute Gasteiger partial charge is 0.493 e. The first-order valence-corrected chi connectivity index (χ1v) is 8.21. The Morgan fingerprint density at radius 1 is 1.08 bits per heavy atom. The van der Waals surface area contributed by atoms with Gasteiger partial charge in [-0.05, 0) is 44.5 Å². The van der Waals surface area contributed by atoms with Crippen molar-refractivity contribution in [2.24, 2.45) is 0 Å². The van der Waals surface area contributed by atoms with E-state index in [0.717, 1.165) is 11.1 Å². The highest BCUT2D eigenvalue weighted by Gasteiger charge is 2.18. The van der Waals surface area contributed by atoms with Crippen molar-refractivity contribution in [1.82, 2.24) is 0 Å². The molecule has 5 nitrogen and oxygen atoms in total. The third-order valence-corrected chi connectivity index (χ3v) is 3.64. The number of aryl methyl sites for hydroxylation is 2. The summed E-state index contributed by atoms with van der Waals surface area (Å²) in [5, 5.41) is 2.78. The van der Waals surface area contributed by atoms with Crippen LogP contribution in [0.25, 0.3) is 0 Å². The number of rotatable bonds is 7. The highest BCUT2D eigenvalue weighted by Crippen LogP contribution is 2.16. The van der Waals surface area contributed by atoms with Crippen LogP contribution >= 0.6 is 0 Å². The van der Waals surface area contributed by atoms with Gasteiger partial charge in [0.2, 0.25) is 0 Å². The van der Waals surface area contributed by atoms with Gasteiger partial charge in [0.05, 0.1) is 13.0 Å². The van der Waals surface area contributed by atoms with E-state index in [2.05, 4.69) is 5.32 Å². The molecule has 2 aromatic rings. The summed E-state index contributed by atoms with van der Waals surface area (Å²) in [6.07, 6.45) is -0.791. The SMILES string of the molecule is Cc1ccc(NC(=O)C(C)OC(=O)CCOc2ccccc2)c(C)c1. The van der Waals surface area contributed by atoms with Crippen LogP contribution in [-0.4, -0.2) is 24.6 Å². The van der Waals surface area contributed by atoms with Gasteiger partial charge in [-0.2, -0.15) is 0 Å². The predicted octanol–water partition coefficient (Wildman–Crippen LogP) is 3.64. The maximum absolute atomic E-state index is 12.2. The second kappa shape index (κ2) is 8.87. The fourth-order valence-electron chi connectivity index (χ4n) is 2.27. The first-order valence-electron chi connectivity index (χ1n) is 8.21. The number of carbonyl (C=O) groups excluding carboxylic acids is 2. The molecule has 0 saturated carbocycles. The number of hydrogen-bond donors (Lipinski definition) is 1. The van der Waals surface area contributed by atoms with E-state index < -0.39 is 12.1 Å². The van der Waals surface area contributed by atoms with Gasteiger partial charge >= 0.3 is 5.97 Å². The molecule has 5 heteroatoms. The van der Waals surface area contributed by atoms with Gasteiger partial charge in [0, 0.05) is 5.69 Å². The molecule has 1 atom stereocenters. The summed E-state index contributed by atoms with van der Waals surface area (Å²) < 4.78 is 10.6. The lowest BCUT2D eigenvalue weighted by molar-refractivity contribution is -0.153. The maximum Gasteiger partial charge on any atom is 0.310 e. The van der Waals surface area contributed by atoms with Gasteiger partial charge in [-0.1, -0.05) is 35.9 Å². The van der Waals surface area contributed by atoms with Crippen molar-refractivity contribution < 1.29 is 19.1 Å². The second-order valence-electron chi connectivity index (χ2n) is 5.85. The Bertz CT molecular complexity index is 728. The van der Waals surface area contributed by atoms with Crippen LogP contribution in [0.1, 0.15) is 24.5 Å². The average Bonchev–Trinajstić information content (AvgIpc) is 2.58. The summed E-state index contributed by atoms with van der Waals surface area (Å²) in [7, 11) is 0. The van der Waals surface area contributed by atoms with Gasteiger partial charge in [-0.25, -0.2) is 0 Å². The summed E-state index contributed by atoms with van der Waals surface area (Å²) in [6.45, 7) is 5.66. The van der Waals surface area contributed by atoms with Crippen LogP contribution in [0, 0.1) is 13.8 Å². The number of amides is 1. The Morgan fingerprint density at radius 2 is 1.80 bits per heavy atom. The van der Waals surface area contributed by atoms with Crippen LogP contribution in [0.5, 0.6) is 5.75 Å². The van der Waals surface area contributed by atoms with E-state index in [0.29, 0.717) is 11.4 Å². The molecule has 1 amide bonds. The van der Waals surface area contributed by atoms with Crippen LogP contribution in [-0.2, 0) is 14.3 Å². The molecule has 0 radical (unpaired) electrons. The Labute approximate surface area is 148 Å². The zero-order valence-electron chi connectivity index (χ0n) is 14.7. The van der Waals surface area contributed by atoms with E-state index in [9.17, 15) is 9.59 Å². The minimum atomic E-state index is -0.870. The van der Waals surface area contributed by atoms with Gasteiger partial charge in [-0.3, -0.25) is 9.59 Å².